The minimum atomic E-state index is 0.785. The van der Waals surface area contributed by atoms with E-state index >= 15 is 0 Å². The maximum Gasteiger partial charge on any atom is 0.119 e. The van der Waals surface area contributed by atoms with Gasteiger partial charge in [0.1, 0.15) is 5.75 Å². The molecule has 2 nitrogen and oxygen atoms in total. The molecule has 0 spiro atoms. The molecule has 0 unspecified atom stereocenters. The molecule has 0 heterocycles. The average molecular weight is 262 g/mol. The molecule has 0 fully saturated rings. The zero-order valence-electron chi connectivity index (χ0n) is 10.8. The number of anilines is 2. The van der Waals surface area contributed by atoms with Crippen LogP contribution in [0.15, 0.2) is 42.5 Å². The van der Waals surface area contributed by atoms with E-state index in [1.165, 1.54) is 0 Å². The Hall–Kier alpha value is -1.67. The van der Waals surface area contributed by atoms with E-state index in [9.17, 15) is 0 Å². The molecule has 0 bridgehead atoms. The Balaban J connectivity index is 2.35. The summed E-state index contributed by atoms with van der Waals surface area (Å²) in [5.74, 6) is 0.856. The molecule has 0 amide bonds. The molecule has 0 N–H and O–H groups in total. The van der Waals surface area contributed by atoms with Gasteiger partial charge in [0.2, 0.25) is 0 Å². The van der Waals surface area contributed by atoms with Gasteiger partial charge in [0.15, 0.2) is 0 Å². The molecule has 2 rings (SSSR count). The maximum atomic E-state index is 6.15. The molecule has 0 atom stereocenters. The molecular weight excluding hydrogens is 246 g/mol. The number of hydrogen-bond donors (Lipinski definition) is 0. The van der Waals surface area contributed by atoms with Crippen LogP contribution in [0.4, 0.5) is 11.4 Å². The fourth-order valence-electron chi connectivity index (χ4n) is 1.90. The van der Waals surface area contributed by atoms with E-state index in [1.54, 1.807) is 7.11 Å². The van der Waals surface area contributed by atoms with Gasteiger partial charge >= 0.3 is 0 Å². The summed E-state index contributed by atoms with van der Waals surface area (Å²) in [4.78, 5) is 2.11. The van der Waals surface area contributed by atoms with Crippen LogP contribution in [-0.4, -0.2) is 14.2 Å². The van der Waals surface area contributed by atoms with Crippen molar-refractivity contribution in [2.24, 2.45) is 0 Å². The number of nitrogens with zero attached hydrogens (tertiary/aromatic N) is 1. The van der Waals surface area contributed by atoms with Crippen LogP contribution < -0.4 is 9.64 Å². The quantitative estimate of drug-likeness (QED) is 0.811. The Morgan fingerprint density at radius 3 is 2.33 bits per heavy atom. The van der Waals surface area contributed by atoms with Gasteiger partial charge in [-0.25, -0.2) is 0 Å². The van der Waals surface area contributed by atoms with Crippen molar-refractivity contribution in [2.45, 2.75) is 6.92 Å². The lowest BCUT2D eigenvalue weighted by Crippen LogP contribution is -2.10. The van der Waals surface area contributed by atoms with E-state index in [0.717, 1.165) is 27.7 Å². The first-order valence-electron chi connectivity index (χ1n) is 5.76. The first-order valence-corrected chi connectivity index (χ1v) is 6.14. The summed E-state index contributed by atoms with van der Waals surface area (Å²) in [6, 6.07) is 13.9. The lowest BCUT2D eigenvalue weighted by Gasteiger charge is -2.22. The van der Waals surface area contributed by atoms with Crippen molar-refractivity contribution in [3.63, 3.8) is 0 Å². The highest BCUT2D eigenvalue weighted by Crippen LogP contribution is 2.31. The normalized spacial score (nSPS) is 10.2. The summed E-state index contributed by atoms with van der Waals surface area (Å²) in [5.41, 5.74) is 3.28. The largest absolute Gasteiger partial charge is 0.497 e. The van der Waals surface area contributed by atoms with Crippen molar-refractivity contribution < 1.29 is 4.74 Å². The summed E-state index contributed by atoms with van der Waals surface area (Å²) in [6.45, 7) is 2.03. The van der Waals surface area contributed by atoms with E-state index < -0.39 is 0 Å². The molecule has 0 aliphatic carbocycles. The highest BCUT2D eigenvalue weighted by atomic mass is 35.5. The molecular formula is C15H16ClNO. The molecule has 94 valence electrons. The summed E-state index contributed by atoms with van der Waals surface area (Å²) in [7, 11) is 3.69. The highest BCUT2D eigenvalue weighted by Gasteiger charge is 2.08. The first-order chi connectivity index (χ1) is 8.63. The van der Waals surface area contributed by atoms with E-state index in [0.29, 0.717) is 0 Å². The minimum absolute atomic E-state index is 0.785. The Bertz CT molecular complexity index is 537. The molecule has 0 aliphatic rings. The number of benzene rings is 2. The second-order valence-corrected chi connectivity index (χ2v) is 4.55. The Morgan fingerprint density at radius 2 is 1.72 bits per heavy atom. The van der Waals surface area contributed by atoms with Crippen molar-refractivity contribution in [2.75, 3.05) is 19.1 Å². The van der Waals surface area contributed by atoms with E-state index in [1.807, 2.05) is 50.4 Å². The van der Waals surface area contributed by atoms with Gasteiger partial charge in [-0.15, -0.1) is 0 Å². The fraction of sp³-hybridized carbons (Fsp3) is 0.200. The van der Waals surface area contributed by atoms with Crippen LogP contribution in [0.1, 0.15) is 5.56 Å². The summed E-state index contributed by atoms with van der Waals surface area (Å²) < 4.78 is 5.16. The van der Waals surface area contributed by atoms with E-state index in [-0.39, 0.29) is 0 Å². The van der Waals surface area contributed by atoms with Crippen molar-refractivity contribution >= 4 is 23.0 Å². The lowest BCUT2D eigenvalue weighted by molar-refractivity contribution is 0.415. The van der Waals surface area contributed by atoms with Crippen LogP contribution in [0.5, 0.6) is 5.75 Å². The Labute approximate surface area is 113 Å². The monoisotopic (exact) mass is 261 g/mol. The Kier molecular flexibility index (Phi) is 3.78. The van der Waals surface area contributed by atoms with Crippen LogP contribution in [-0.2, 0) is 0 Å². The predicted molar refractivity (Wildman–Crippen MR) is 77.2 cm³/mol. The van der Waals surface area contributed by atoms with Gasteiger partial charge in [-0.05, 0) is 48.9 Å². The number of hydrogen-bond acceptors (Lipinski definition) is 2. The summed E-state index contributed by atoms with van der Waals surface area (Å²) >= 11 is 6.15. The fourth-order valence-corrected chi connectivity index (χ4v) is 2.07. The Morgan fingerprint density at radius 1 is 1.06 bits per heavy atom. The van der Waals surface area contributed by atoms with Gasteiger partial charge < -0.3 is 9.64 Å². The minimum Gasteiger partial charge on any atom is -0.497 e. The molecule has 0 saturated carbocycles. The van der Waals surface area contributed by atoms with E-state index in [4.69, 9.17) is 16.3 Å². The SMILES string of the molecule is COc1ccc(N(C)c2cccc(Cl)c2C)cc1. The topological polar surface area (TPSA) is 12.5 Å². The number of methoxy groups -OCH3 is 1. The zero-order valence-corrected chi connectivity index (χ0v) is 11.5. The maximum absolute atomic E-state index is 6.15. The van der Waals surface area contributed by atoms with Crippen LogP contribution in [0.25, 0.3) is 0 Å². The van der Waals surface area contributed by atoms with Gasteiger partial charge in [-0.1, -0.05) is 17.7 Å². The molecule has 0 saturated heterocycles. The van der Waals surface area contributed by atoms with Crippen LogP contribution >= 0.6 is 11.6 Å². The number of rotatable bonds is 3. The van der Waals surface area contributed by atoms with Gasteiger partial charge in [0.05, 0.1) is 7.11 Å². The standard InChI is InChI=1S/C15H16ClNO/c1-11-14(16)5-4-6-15(11)17(2)12-7-9-13(18-3)10-8-12/h4-10H,1-3H3. The molecule has 0 radical (unpaired) electrons. The number of halogens is 1. The molecule has 3 heteroatoms. The van der Waals surface area contributed by atoms with Gasteiger partial charge in [-0.3, -0.25) is 0 Å². The molecule has 2 aromatic carbocycles. The third-order valence-electron chi connectivity index (χ3n) is 3.06. The van der Waals surface area contributed by atoms with Crippen molar-refractivity contribution in [1.82, 2.24) is 0 Å². The second-order valence-electron chi connectivity index (χ2n) is 4.14. The van der Waals surface area contributed by atoms with Crippen molar-refractivity contribution in [3.8, 4) is 5.75 Å². The number of ether oxygens (including phenoxy) is 1. The smallest absolute Gasteiger partial charge is 0.119 e. The highest BCUT2D eigenvalue weighted by molar-refractivity contribution is 6.31. The average Bonchev–Trinajstić information content (AvgIpc) is 2.41. The van der Waals surface area contributed by atoms with Gasteiger partial charge in [0, 0.05) is 23.4 Å². The van der Waals surface area contributed by atoms with E-state index in [2.05, 4.69) is 11.0 Å². The van der Waals surface area contributed by atoms with Gasteiger partial charge in [-0.2, -0.15) is 0 Å². The molecule has 0 aromatic heterocycles. The van der Waals surface area contributed by atoms with Crippen molar-refractivity contribution in [3.05, 3.63) is 53.1 Å². The molecule has 0 aliphatic heterocycles. The molecule has 18 heavy (non-hydrogen) atoms. The van der Waals surface area contributed by atoms with Crippen molar-refractivity contribution in [1.29, 1.82) is 0 Å². The molecule has 2 aromatic rings. The summed E-state index contributed by atoms with van der Waals surface area (Å²) in [6.07, 6.45) is 0. The predicted octanol–water partition coefficient (Wildman–Crippen LogP) is 4.42. The lowest BCUT2D eigenvalue weighted by atomic mass is 10.1. The third-order valence-corrected chi connectivity index (χ3v) is 3.47. The summed E-state index contributed by atoms with van der Waals surface area (Å²) in [5, 5.41) is 0.785. The first kappa shape index (κ1) is 12.8. The van der Waals surface area contributed by atoms with Crippen LogP contribution in [0.2, 0.25) is 5.02 Å². The van der Waals surface area contributed by atoms with Crippen LogP contribution in [0.3, 0.4) is 0 Å². The van der Waals surface area contributed by atoms with Crippen LogP contribution in [0, 0.1) is 6.92 Å². The second kappa shape index (κ2) is 5.32. The van der Waals surface area contributed by atoms with Gasteiger partial charge in [0.25, 0.3) is 0 Å². The zero-order chi connectivity index (χ0) is 13.1. The third kappa shape index (κ3) is 2.44.